The van der Waals surface area contributed by atoms with E-state index in [1.54, 1.807) is 6.20 Å². The highest BCUT2D eigenvalue weighted by Crippen LogP contribution is 2.24. The number of pyridine rings is 1. The van der Waals surface area contributed by atoms with Gasteiger partial charge in [0, 0.05) is 22.6 Å². The van der Waals surface area contributed by atoms with Crippen molar-refractivity contribution in [1.29, 1.82) is 0 Å². The van der Waals surface area contributed by atoms with Crippen molar-refractivity contribution in [3.63, 3.8) is 0 Å². The fourth-order valence-corrected chi connectivity index (χ4v) is 2.04. The van der Waals surface area contributed by atoms with E-state index in [1.165, 1.54) is 0 Å². The summed E-state index contributed by atoms with van der Waals surface area (Å²) in [6, 6.07) is 7.77. The minimum absolute atomic E-state index is 0.151. The summed E-state index contributed by atoms with van der Waals surface area (Å²) in [6.45, 7) is 0.302. The highest BCUT2D eigenvalue weighted by Gasteiger charge is 2.05. The molecule has 1 heterocycles. The van der Waals surface area contributed by atoms with Gasteiger partial charge in [-0.25, -0.2) is 0 Å². The summed E-state index contributed by atoms with van der Waals surface area (Å²) in [4.78, 5) is 19.8. The number of primary amides is 1. The summed E-state index contributed by atoms with van der Waals surface area (Å²) in [5.74, 6) is -0.513. The van der Waals surface area contributed by atoms with Crippen LogP contribution in [0.4, 0.5) is 0 Å². The van der Waals surface area contributed by atoms with Gasteiger partial charge >= 0.3 is 0 Å². The van der Waals surface area contributed by atoms with Crippen molar-refractivity contribution in [2.24, 2.45) is 5.73 Å². The molecule has 0 saturated heterocycles. The average Bonchev–Trinajstić information content (AvgIpc) is 2.37. The highest BCUT2D eigenvalue weighted by molar-refractivity contribution is 9.10. The topological polar surface area (TPSA) is 77.2 Å². The van der Waals surface area contributed by atoms with Gasteiger partial charge in [0.15, 0.2) is 0 Å². The summed E-state index contributed by atoms with van der Waals surface area (Å²) in [6.07, 6.45) is 1.74. The lowest BCUT2D eigenvalue weighted by atomic mass is 10.1. The number of nitrogens with two attached hydrogens (primary N) is 1. The van der Waals surface area contributed by atoms with Gasteiger partial charge < -0.3 is 5.73 Å². The zero-order valence-electron chi connectivity index (χ0n) is 9.52. The van der Waals surface area contributed by atoms with Crippen molar-refractivity contribution in [3.05, 3.63) is 40.5 Å². The second kappa shape index (κ2) is 5.90. The lowest BCUT2D eigenvalue weighted by Gasteiger charge is -2.08. The Labute approximate surface area is 112 Å². The van der Waals surface area contributed by atoms with E-state index in [1.807, 2.05) is 24.3 Å². The van der Waals surface area contributed by atoms with Crippen LogP contribution in [0.1, 0.15) is 5.56 Å². The molecule has 0 atom stereocenters. The number of amides is 1. The first-order valence-corrected chi connectivity index (χ1v) is 6.13. The lowest BCUT2D eigenvalue weighted by molar-refractivity contribution is -0.125. The van der Waals surface area contributed by atoms with Crippen molar-refractivity contribution in [2.45, 2.75) is 6.54 Å². The molecule has 0 saturated carbocycles. The van der Waals surface area contributed by atoms with Crippen LogP contribution in [0.5, 0.6) is 0 Å². The first-order chi connectivity index (χ1) is 8.68. The molecule has 6 heteroatoms. The summed E-state index contributed by atoms with van der Waals surface area (Å²) in [5, 5.41) is 1.03. The predicted molar refractivity (Wildman–Crippen MR) is 71.4 cm³/mol. The normalized spacial score (nSPS) is 10.7. The number of nitrogens with one attached hydrogen (secondary N) is 1. The molecule has 0 spiro atoms. The van der Waals surface area contributed by atoms with E-state index in [2.05, 4.69) is 26.4 Å². The van der Waals surface area contributed by atoms with E-state index in [0.29, 0.717) is 6.54 Å². The number of hydrogen-bond donors (Lipinski definition) is 2. The van der Waals surface area contributed by atoms with E-state index >= 15 is 0 Å². The smallest absolute Gasteiger partial charge is 0.245 e. The zero-order valence-corrected chi connectivity index (χ0v) is 11.1. The van der Waals surface area contributed by atoms with Gasteiger partial charge in [-0.1, -0.05) is 28.1 Å². The van der Waals surface area contributed by atoms with Crippen LogP contribution in [-0.2, 0) is 16.2 Å². The lowest BCUT2D eigenvalue weighted by Crippen LogP contribution is -2.24. The molecule has 2 aromatic rings. The van der Waals surface area contributed by atoms with E-state index in [-0.39, 0.29) is 6.61 Å². The Hall–Kier alpha value is -1.50. The maximum atomic E-state index is 10.5. The third kappa shape index (κ3) is 3.04. The summed E-state index contributed by atoms with van der Waals surface area (Å²) < 4.78 is 0.993. The largest absolute Gasteiger partial charge is 0.368 e. The molecule has 0 bridgehead atoms. The molecule has 0 aliphatic heterocycles. The molecule has 0 aliphatic rings. The highest BCUT2D eigenvalue weighted by atomic mass is 79.9. The molecule has 2 rings (SSSR count). The van der Waals surface area contributed by atoms with Gasteiger partial charge in [0.2, 0.25) is 5.91 Å². The molecule has 1 amide bonds. The van der Waals surface area contributed by atoms with Gasteiger partial charge in [-0.2, -0.15) is 5.48 Å². The quantitative estimate of drug-likeness (QED) is 0.648. The van der Waals surface area contributed by atoms with Gasteiger partial charge in [0.25, 0.3) is 0 Å². The minimum atomic E-state index is -0.513. The summed E-state index contributed by atoms with van der Waals surface area (Å²) >= 11 is 3.48. The zero-order chi connectivity index (χ0) is 13.0. The van der Waals surface area contributed by atoms with E-state index in [0.717, 1.165) is 20.9 Å². The summed E-state index contributed by atoms with van der Waals surface area (Å²) in [5.41, 5.74) is 9.52. The Kier molecular flexibility index (Phi) is 4.24. The van der Waals surface area contributed by atoms with Crippen molar-refractivity contribution in [3.8, 4) is 0 Å². The number of fused-ring (bicyclic) bond motifs is 1. The number of rotatable bonds is 5. The van der Waals surface area contributed by atoms with Crippen LogP contribution in [0.25, 0.3) is 10.9 Å². The first kappa shape index (κ1) is 12.9. The second-order valence-corrected chi connectivity index (χ2v) is 4.54. The number of hydroxylamine groups is 1. The molecule has 1 aromatic heterocycles. The van der Waals surface area contributed by atoms with Gasteiger partial charge in [-0.15, -0.1) is 0 Å². The van der Waals surface area contributed by atoms with Crippen LogP contribution in [0, 0.1) is 0 Å². The maximum Gasteiger partial charge on any atom is 0.245 e. The maximum absolute atomic E-state index is 10.5. The van der Waals surface area contributed by atoms with E-state index in [4.69, 9.17) is 10.6 Å². The molecule has 18 heavy (non-hydrogen) atoms. The first-order valence-electron chi connectivity index (χ1n) is 5.33. The number of halogens is 1. The molecular weight excluding hydrogens is 298 g/mol. The molecule has 1 aromatic carbocycles. The van der Waals surface area contributed by atoms with Crippen molar-refractivity contribution >= 4 is 32.7 Å². The standard InChI is InChI=1S/C12H12BrN3O2/c13-10-4-3-8(6-16-18-7-11(14)17)12-9(10)2-1-5-15-12/h1-5,16H,6-7H2,(H2,14,17). The van der Waals surface area contributed by atoms with Gasteiger partial charge in [-0.3, -0.25) is 14.6 Å². The molecule has 94 valence electrons. The Morgan fingerprint density at radius 3 is 3.06 bits per heavy atom. The Morgan fingerprint density at radius 2 is 2.28 bits per heavy atom. The van der Waals surface area contributed by atoms with Crippen LogP contribution in [0.3, 0.4) is 0 Å². The van der Waals surface area contributed by atoms with Gasteiger partial charge in [-0.05, 0) is 17.7 Å². The van der Waals surface area contributed by atoms with Crippen molar-refractivity contribution < 1.29 is 9.63 Å². The number of hydrogen-bond acceptors (Lipinski definition) is 4. The van der Waals surface area contributed by atoms with Crippen molar-refractivity contribution in [2.75, 3.05) is 6.61 Å². The SMILES string of the molecule is NC(=O)CONCc1ccc(Br)c2cccnc12. The van der Waals surface area contributed by atoms with E-state index in [9.17, 15) is 4.79 Å². The van der Waals surface area contributed by atoms with Crippen LogP contribution in [0.2, 0.25) is 0 Å². The van der Waals surface area contributed by atoms with Crippen LogP contribution in [-0.4, -0.2) is 17.5 Å². The number of aromatic nitrogens is 1. The van der Waals surface area contributed by atoms with Gasteiger partial charge in [0.05, 0.1) is 5.52 Å². The molecular formula is C12H12BrN3O2. The molecule has 0 unspecified atom stereocenters. The third-order valence-electron chi connectivity index (χ3n) is 2.38. The number of benzene rings is 1. The Balaban J connectivity index is 2.14. The molecule has 5 nitrogen and oxygen atoms in total. The molecule has 3 N–H and O–H groups in total. The van der Waals surface area contributed by atoms with Crippen molar-refractivity contribution in [1.82, 2.24) is 10.5 Å². The molecule has 0 aliphatic carbocycles. The average molecular weight is 310 g/mol. The number of nitrogens with zero attached hydrogens (tertiary/aromatic N) is 1. The fraction of sp³-hybridized carbons (Fsp3) is 0.167. The number of carbonyl (C=O) groups excluding carboxylic acids is 1. The number of carbonyl (C=O) groups is 1. The monoisotopic (exact) mass is 309 g/mol. The Bertz CT molecular complexity index is 574. The fourth-order valence-electron chi connectivity index (χ4n) is 1.59. The minimum Gasteiger partial charge on any atom is -0.368 e. The predicted octanol–water partition coefficient (Wildman–Crippen LogP) is 1.50. The Morgan fingerprint density at radius 1 is 1.44 bits per heavy atom. The van der Waals surface area contributed by atoms with Crippen LogP contribution in [0.15, 0.2) is 34.9 Å². The van der Waals surface area contributed by atoms with Gasteiger partial charge in [0.1, 0.15) is 6.61 Å². The van der Waals surface area contributed by atoms with E-state index < -0.39 is 5.91 Å². The third-order valence-corrected chi connectivity index (χ3v) is 3.07. The summed E-state index contributed by atoms with van der Waals surface area (Å²) in [7, 11) is 0. The molecule has 0 radical (unpaired) electrons. The van der Waals surface area contributed by atoms with Crippen LogP contribution >= 0.6 is 15.9 Å². The van der Waals surface area contributed by atoms with Crippen LogP contribution < -0.4 is 11.2 Å². The molecule has 0 fully saturated rings. The second-order valence-electron chi connectivity index (χ2n) is 3.68.